The summed E-state index contributed by atoms with van der Waals surface area (Å²) in [6.07, 6.45) is 1.40. The number of carbonyl (C=O) groups excluding carboxylic acids is 2. The molecule has 0 radical (unpaired) electrons. The fourth-order valence-corrected chi connectivity index (χ4v) is 7.99. The van der Waals surface area contributed by atoms with Crippen molar-refractivity contribution in [3.05, 3.63) is 58.6 Å². The SMILES string of the molecule is COCCNC(=O)C[C@]1(O)C2CC[C@@H]1C[C@@H](S(=O)(=O)c1cc(C(=O)Nc3ccc(F)c(F)c3)ccc1Cl)C2. The number of carbonyl (C=O) groups is 2. The van der Waals surface area contributed by atoms with Gasteiger partial charge in [0.2, 0.25) is 5.91 Å². The minimum absolute atomic E-state index is 0.00246. The third-order valence-electron chi connectivity index (χ3n) is 7.56. The van der Waals surface area contributed by atoms with Crippen molar-refractivity contribution in [1.82, 2.24) is 5.32 Å². The van der Waals surface area contributed by atoms with Gasteiger partial charge in [0, 0.05) is 31.0 Å². The van der Waals surface area contributed by atoms with Crippen LogP contribution in [0.15, 0.2) is 41.3 Å². The van der Waals surface area contributed by atoms with E-state index in [4.69, 9.17) is 16.3 Å². The lowest BCUT2D eigenvalue weighted by atomic mass is 9.72. The fraction of sp³-hybridized carbons (Fsp3) is 0.462. The van der Waals surface area contributed by atoms with Gasteiger partial charge in [0.05, 0.1) is 33.8 Å². The van der Waals surface area contributed by atoms with E-state index in [-0.39, 0.29) is 58.2 Å². The largest absolute Gasteiger partial charge is 0.389 e. The summed E-state index contributed by atoms with van der Waals surface area (Å²) >= 11 is 6.26. The van der Waals surface area contributed by atoms with Crippen molar-refractivity contribution in [2.45, 2.75) is 47.9 Å². The molecule has 0 aliphatic heterocycles. The van der Waals surface area contributed by atoms with Crippen LogP contribution < -0.4 is 10.6 Å². The molecular formula is C26H29ClF2N2O6S. The molecule has 2 saturated carbocycles. The number of ether oxygens (including phenoxy) is 1. The molecule has 1 unspecified atom stereocenters. The highest BCUT2D eigenvalue weighted by Gasteiger charge is 2.56. The van der Waals surface area contributed by atoms with Crippen molar-refractivity contribution in [1.29, 1.82) is 0 Å². The van der Waals surface area contributed by atoms with Crippen LogP contribution >= 0.6 is 11.6 Å². The van der Waals surface area contributed by atoms with Crippen molar-refractivity contribution in [3.63, 3.8) is 0 Å². The number of sulfone groups is 1. The topological polar surface area (TPSA) is 122 Å². The number of rotatable bonds is 9. The van der Waals surface area contributed by atoms with E-state index in [9.17, 15) is 31.9 Å². The van der Waals surface area contributed by atoms with E-state index in [0.29, 0.717) is 26.0 Å². The smallest absolute Gasteiger partial charge is 0.255 e. The summed E-state index contributed by atoms with van der Waals surface area (Å²) in [5.41, 5.74) is -1.32. The van der Waals surface area contributed by atoms with E-state index in [2.05, 4.69) is 10.6 Å². The highest BCUT2D eigenvalue weighted by atomic mass is 35.5. The van der Waals surface area contributed by atoms with Crippen molar-refractivity contribution in [3.8, 4) is 0 Å². The molecule has 0 spiro atoms. The van der Waals surface area contributed by atoms with Gasteiger partial charge in [-0.15, -0.1) is 0 Å². The zero-order valence-corrected chi connectivity index (χ0v) is 22.2. The summed E-state index contributed by atoms with van der Waals surface area (Å²) in [6, 6.07) is 6.66. The lowest BCUT2D eigenvalue weighted by molar-refractivity contribution is -0.132. The van der Waals surface area contributed by atoms with E-state index in [1.807, 2.05) is 0 Å². The van der Waals surface area contributed by atoms with Crippen LogP contribution in [0.3, 0.4) is 0 Å². The van der Waals surface area contributed by atoms with Crippen molar-refractivity contribution in [2.75, 3.05) is 25.6 Å². The van der Waals surface area contributed by atoms with Crippen LogP contribution in [-0.2, 0) is 19.4 Å². The first kappa shape index (κ1) is 28.4. The number of anilines is 1. The maximum atomic E-state index is 13.7. The monoisotopic (exact) mass is 570 g/mol. The predicted molar refractivity (Wildman–Crippen MR) is 137 cm³/mol. The molecule has 0 aromatic heterocycles. The van der Waals surface area contributed by atoms with Crippen LogP contribution in [0.2, 0.25) is 5.02 Å². The van der Waals surface area contributed by atoms with Gasteiger partial charge in [0.15, 0.2) is 21.5 Å². The Labute approximate surface area is 224 Å². The van der Waals surface area contributed by atoms with Gasteiger partial charge >= 0.3 is 0 Å². The standard InChI is InChI=1S/C26H29ClF2N2O6S/c1-37-9-8-30-24(32)14-26(34)16-3-4-17(26)12-19(11-16)38(35,36)23-10-15(2-6-20(23)27)25(33)31-18-5-7-21(28)22(29)13-18/h2,5-7,10,13,16-17,19,34H,3-4,8-9,11-12,14H2,1H3,(H,30,32)(H,31,33)/t16-,17?,19-,26-/m1/s1. The summed E-state index contributed by atoms with van der Waals surface area (Å²) in [5, 5.41) is 15.6. The number of fused-ring (bicyclic) bond motifs is 2. The molecular weight excluding hydrogens is 542 g/mol. The Hall–Kier alpha value is -2.60. The maximum absolute atomic E-state index is 13.7. The quantitative estimate of drug-likeness (QED) is 0.395. The molecule has 12 heteroatoms. The average Bonchev–Trinajstić information content (AvgIpc) is 3.02. The molecule has 206 valence electrons. The second-order valence-electron chi connectivity index (χ2n) is 9.85. The molecule has 2 amide bonds. The first-order chi connectivity index (χ1) is 18.0. The molecule has 2 bridgehead atoms. The number of benzene rings is 2. The zero-order valence-electron chi connectivity index (χ0n) is 20.7. The third-order valence-corrected chi connectivity index (χ3v) is 10.2. The first-order valence-corrected chi connectivity index (χ1v) is 14.2. The lowest BCUT2D eigenvalue weighted by Gasteiger charge is -2.42. The number of methoxy groups -OCH3 is 1. The predicted octanol–water partition coefficient (Wildman–Crippen LogP) is 3.72. The normalized spacial score (nSPS) is 24.7. The number of halogens is 3. The van der Waals surface area contributed by atoms with E-state index >= 15 is 0 Å². The number of aliphatic hydroxyl groups is 1. The fourth-order valence-electron chi connectivity index (χ4n) is 5.58. The molecule has 8 nitrogen and oxygen atoms in total. The van der Waals surface area contributed by atoms with Gasteiger partial charge in [-0.1, -0.05) is 11.6 Å². The van der Waals surface area contributed by atoms with Crippen LogP contribution in [0.25, 0.3) is 0 Å². The van der Waals surface area contributed by atoms with Crippen LogP contribution in [-0.4, -0.2) is 56.5 Å². The van der Waals surface area contributed by atoms with Gasteiger partial charge in [-0.3, -0.25) is 9.59 Å². The molecule has 2 aliphatic carbocycles. The van der Waals surface area contributed by atoms with E-state index in [0.717, 1.165) is 12.1 Å². The van der Waals surface area contributed by atoms with Crippen LogP contribution in [0.4, 0.5) is 14.5 Å². The van der Waals surface area contributed by atoms with Crippen molar-refractivity contribution in [2.24, 2.45) is 11.8 Å². The van der Waals surface area contributed by atoms with E-state index in [1.54, 1.807) is 0 Å². The Morgan fingerprint density at radius 1 is 1.11 bits per heavy atom. The summed E-state index contributed by atoms with van der Waals surface area (Å²) in [4.78, 5) is 24.9. The maximum Gasteiger partial charge on any atom is 0.255 e. The third kappa shape index (κ3) is 5.70. The molecule has 0 heterocycles. The number of amides is 2. The molecule has 2 aromatic carbocycles. The highest BCUT2D eigenvalue weighted by molar-refractivity contribution is 7.92. The second kappa shape index (κ2) is 11.3. The van der Waals surface area contributed by atoms with E-state index < -0.39 is 38.2 Å². The van der Waals surface area contributed by atoms with Gasteiger partial charge in [-0.2, -0.15) is 0 Å². The van der Waals surface area contributed by atoms with Gasteiger partial charge in [0.25, 0.3) is 5.91 Å². The van der Waals surface area contributed by atoms with E-state index in [1.165, 1.54) is 31.4 Å². The van der Waals surface area contributed by atoms with Crippen molar-refractivity contribution < 1.29 is 36.6 Å². The number of hydrogen-bond donors (Lipinski definition) is 3. The number of nitrogens with one attached hydrogen (secondary N) is 2. The van der Waals surface area contributed by atoms with Crippen molar-refractivity contribution >= 4 is 38.9 Å². The Bertz CT molecular complexity index is 1330. The Balaban J connectivity index is 1.51. The molecule has 2 aromatic rings. The lowest BCUT2D eigenvalue weighted by Crippen LogP contribution is -2.50. The molecule has 2 fully saturated rings. The van der Waals surface area contributed by atoms with Gasteiger partial charge in [-0.05, 0) is 67.9 Å². The Morgan fingerprint density at radius 3 is 2.42 bits per heavy atom. The summed E-state index contributed by atoms with van der Waals surface area (Å²) in [5.74, 6) is -4.00. The van der Waals surface area contributed by atoms with Crippen LogP contribution in [0, 0.1) is 23.5 Å². The first-order valence-electron chi connectivity index (χ1n) is 12.2. The zero-order chi connectivity index (χ0) is 27.7. The van der Waals surface area contributed by atoms with Gasteiger partial charge in [0.1, 0.15) is 0 Å². The Morgan fingerprint density at radius 2 is 1.79 bits per heavy atom. The summed E-state index contributed by atoms with van der Waals surface area (Å²) in [7, 11) is -2.49. The highest BCUT2D eigenvalue weighted by Crippen LogP contribution is 2.53. The second-order valence-corrected chi connectivity index (χ2v) is 12.5. The average molecular weight is 571 g/mol. The minimum atomic E-state index is -4.01. The van der Waals surface area contributed by atoms with Crippen LogP contribution in [0.5, 0.6) is 0 Å². The van der Waals surface area contributed by atoms with Crippen LogP contribution in [0.1, 0.15) is 42.5 Å². The summed E-state index contributed by atoms with van der Waals surface area (Å²) in [6.45, 7) is 0.659. The molecule has 38 heavy (non-hydrogen) atoms. The number of hydrogen-bond acceptors (Lipinski definition) is 6. The molecule has 0 saturated heterocycles. The molecule has 4 rings (SSSR count). The van der Waals surface area contributed by atoms with Gasteiger partial charge < -0.3 is 20.5 Å². The van der Waals surface area contributed by atoms with Gasteiger partial charge in [-0.25, -0.2) is 17.2 Å². The molecule has 2 aliphatic rings. The Kier molecular flexibility index (Phi) is 8.41. The summed E-state index contributed by atoms with van der Waals surface area (Å²) < 4.78 is 58.9. The molecule has 3 N–H and O–H groups in total. The minimum Gasteiger partial charge on any atom is -0.389 e. The molecule has 4 atom stereocenters.